The summed E-state index contributed by atoms with van der Waals surface area (Å²) in [5.41, 5.74) is 7.85. The zero-order chi connectivity index (χ0) is 16.8. The average molecular weight is 481 g/mol. The van der Waals surface area contributed by atoms with Crippen molar-refractivity contribution in [1.29, 1.82) is 0 Å². The quantitative estimate of drug-likeness (QED) is 0.617. The summed E-state index contributed by atoms with van der Waals surface area (Å²) in [4.78, 5) is 0. The first-order valence-corrected chi connectivity index (χ1v) is 12.8. The topological polar surface area (TPSA) is 0 Å². The molecular weight excluding hydrogens is 457 g/mol. The summed E-state index contributed by atoms with van der Waals surface area (Å²) in [5.74, 6) is 5.52. The monoisotopic (exact) mass is 478 g/mol. The summed E-state index contributed by atoms with van der Waals surface area (Å²) < 4.78 is 2.54. The fraction of sp³-hybridized carbons (Fsp3) is 0.273. The second kappa shape index (κ2) is 8.79. The predicted octanol–water partition coefficient (Wildman–Crippen LogP) is 1.08. The first-order valence-electron chi connectivity index (χ1n) is 8.67. The van der Waals surface area contributed by atoms with Gasteiger partial charge in [-0.05, 0) is 0 Å². The molecule has 2 atom stereocenters. The normalized spacial score (nSPS) is 21.0. The summed E-state index contributed by atoms with van der Waals surface area (Å²) in [6, 6.07) is 13.6. The van der Waals surface area contributed by atoms with Gasteiger partial charge in [0.15, 0.2) is 0 Å². The molecule has 0 fully saturated rings. The maximum atomic E-state index is 2.51. The Morgan fingerprint density at radius 1 is 0.885 bits per heavy atom. The van der Waals surface area contributed by atoms with Crippen LogP contribution >= 0.6 is 7.53 Å². The van der Waals surface area contributed by atoms with Crippen molar-refractivity contribution in [2.24, 2.45) is 5.92 Å². The van der Waals surface area contributed by atoms with E-state index in [-0.39, 0.29) is 32.3 Å². The van der Waals surface area contributed by atoms with Crippen LogP contribution in [-0.2, 0) is 23.2 Å². The van der Waals surface area contributed by atoms with E-state index in [1.165, 1.54) is 5.56 Å². The van der Waals surface area contributed by atoms with Crippen LogP contribution in [0.2, 0.25) is 0 Å². The fourth-order valence-electron chi connectivity index (χ4n) is 3.94. The van der Waals surface area contributed by atoms with Crippen molar-refractivity contribution < 1.29 is 48.0 Å². The molecule has 26 heavy (non-hydrogen) atoms. The molecule has 0 spiro atoms. The molecule has 134 valence electrons. The van der Waals surface area contributed by atoms with Gasteiger partial charge in [-0.1, -0.05) is 0 Å². The van der Waals surface area contributed by atoms with E-state index in [0.29, 0.717) is 5.92 Å². The van der Waals surface area contributed by atoms with Crippen molar-refractivity contribution in [1.82, 2.24) is 0 Å². The molecule has 1 heterocycles. The minimum Gasteiger partial charge on any atom is -1.00 e. The summed E-state index contributed by atoms with van der Waals surface area (Å²) in [7, 11) is -0.196. The Kier molecular flexibility index (Phi) is 7.43. The number of hydrogen-bond acceptors (Lipinski definition) is 0. The third-order valence-corrected chi connectivity index (χ3v) is 13.3. The SMILES string of the molecule is CC1=C(C)C(C)[C]([Zr+2][CH]2C(p3cccc3)=Cc3ccccc32)=C1C.[Cl-].[Cl-]. The zero-order valence-corrected chi connectivity index (χ0v) is 20.4. The Morgan fingerprint density at radius 2 is 1.54 bits per heavy atom. The largest absolute Gasteiger partial charge is 1.00 e. The molecule has 2 unspecified atom stereocenters. The van der Waals surface area contributed by atoms with E-state index in [1.54, 1.807) is 27.6 Å². The summed E-state index contributed by atoms with van der Waals surface area (Å²) >= 11 is -0.710. The van der Waals surface area contributed by atoms with E-state index in [2.05, 4.69) is 81.8 Å². The molecule has 1 aromatic heterocycles. The predicted molar refractivity (Wildman–Crippen MR) is 103 cm³/mol. The molecule has 2 aliphatic rings. The maximum Gasteiger partial charge on any atom is -1.00 e. The van der Waals surface area contributed by atoms with Gasteiger partial charge in [0.2, 0.25) is 0 Å². The van der Waals surface area contributed by atoms with E-state index in [1.807, 2.05) is 3.28 Å². The van der Waals surface area contributed by atoms with Gasteiger partial charge < -0.3 is 24.8 Å². The molecule has 0 aliphatic heterocycles. The Morgan fingerprint density at radius 3 is 2.15 bits per heavy atom. The van der Waals surface area contributed by atoms with Crippen LogP contribution in [0, 0.1) is 5.92 Å². The van der Waals surface area contributed by atoms with Gasteiger partial charge >= 0.3 is 159 Å². The van der Waals surface area contributed by atoms with Gasteiger partial charge in [0.25, 0.3) is 0 Å². The van der Waals surface area contributed by atoms with Crippen LogP contribution in [-0.4, -0.2) is 0 Å². The van der Waals surface area contributed by atoms with Crippen LogP contribution in [0.4, 0.5) is 0 Å². The second-order valence-electron chi connectivity index (χ2n) is 6.93. The minimum atomic E-state index is -0.710. The van der Waals surface area contributed by atoms with Crippen LogP contribution in [0.15, 0.2) is 68.0 Å². The molecule has 1 aromatic carbocycles. The van der Waals surface area contributed by atoms with Gasteiger partial charge in [0, 0.05) is 0 Å². The van der Waals surface area contributed by atoms with Gasteiger partial charge in [-0.2, -0.15) is 0 Å². The van der Waals surface area contributed by atoms with Crippen molar-refractivity contribution in [2.75, 3.05) is 0 Å². The molecule has 0 saturated heterocycles. The maximum absolute atomic E-state index is 2.51. The summed E-state index contributed by atoms with van der Waals surface area (Å²) in [6.45, 7) is 9.45. The van der Waals surface area contributed by atoms with Crippen molar-refractivity contribution in [3.05, 3.63) is 79.1 Å². The van der Waals surface area contributed by atoms with E-state index in [9.17, 15) is 0 Å². The molecule has 0 amide bonds. The van der Waals surface area contributed by atoms with Crippen LogP contribution < -0.4 is 24.8 Å². The Hall–Kier alpha value is -0.317. The first kappa shape index (κ1) is 22.0. The van der Waals surface area contributed by atoms with Crippen LogP contribution in [0.3, 0.4) is 0 Å². The van der Waals surface area contributed by atoms with Crippen molar-refractivity contribution in [3.63, 3.8) is 0 Å². The smallest absolute Gasteiger partial charge is 1.00 e. The molecular formula is C22H23Cl2PZr. The molecule has 0 nitrogen and oxygen atoms in total. The second-order valence-corrected chi connectivity index (χ2v) is 12.3. The van der Waals surface area contributed by atoms with Crippen LogP contribution in [0.1, 0.15) is 42.4 Å². The Labute approximate surface area is 182 Å². The van der Waals surface area contributed by atoms with Gasteiger partial charge in [0.1, 0.15) is 0 Å². The van der Waals surface area contributed by atoms with E-state index >= 15 is 0 Å². The summed E-state index contributed by atoms with van der Waals surface area (Å²) in [6.07, 6.45) is 2.51. The first-order chi connectivity index (χ1) is 11.6. The average Bonchev–Trinajstić information content (AvgIpc) is 3.28. The molecule has 0 N–H and O–H groups in total. The van der Waals surface area contributed by atoms with Crippen molar-refractivity contribution in [3.8, 4) is 0 Å². The van der Waals surface area contributed by atoms with E-state index in [4.69, 9.17) is 0 Å². The van der Waals surface area contributed by atoms with Crippen molar-refractivity contribution in [2.45, 2.75) is 31.3 Å². The molecule has 4 heteroatoms. The fourth-order valence-corrected chi connectivity index (χ4v) is 11.7. The number of benzene rings is 1. The third kappa shape index (κ3) is 3.66. The van der Waals surface area contributed by atoms with Crippen LogP contribution in [0.5, 0.6) is 0 Å². The summed E-state index contributed by atoms with van der Waals surface area (Å²) in [5, 5.41) is 1.71. The van der Waals surface area contributed by atoms with E-state index < -0.39 is 23.2 Å². The molecule has 2 aliphatic carbocycles. The van der Waals surface area contributed by atoms with Crippen LogP contribution in [0.25, 0.3) is 11.4 Å². The van der Waals surface area contributed by atoms with Crippen molar-refractivity contribution >= 4 is 18.9 Å². The number of rotatable bonds is 3. The molecule has 2 aromatic rings. The molecule has 0 saturated carbocycles. The number of halogens is 2. The zero-order valence-electron chi connectivity index (χ0n) is 15.6. The molecule has 4 rings (SSSR count). The molecule has 0 bridgehead atoms. The number of fused-ring (bicyclic) bond motifs is 1. The van der Waals surface area contributed by atoms with Gasteiger partial charge in [0.05, 0.1) is 0 Å². The standard InChI is InChI=1S/C13H10P.C9H13.2ClH.Zr/c1-2-6-12-10-13(9-11(12)5-1)14-7-3-4-8-14;1-6-5-7(2)9(4)8(6)3;;;/h1-10H;6H,1-4H3;2*1H;/q;;;;+2/p-2. The molecule has 0 radical (unpaired) electrons. The Balaban J connectivity index is 0.00000121. The minimum absolute atomic E-state index is 0. The Bertz CT molecular complexity index is 891. The number of allylic oxidation sites excluding steroid dienone is 5. The number of hydrogen-bond donors (Lipinski definition) is 0. The van der Waals surface area contributed by atoms with Gasteiger partial charge in [-0.3, -0.25) is 0 Å². The third-order valence-electron chi connectivity index (χ3n) is 5.75. The van der Waals surface area contributed by atoms with E-state index in [0.717, 1.165) is 3.63 Å². The van der Waals surface area contributed by atoms with Gasteiger partial charge in [-0.25, -0.2) is 0 Å². The van der Waals surface area contributed by atoms with Gasteiger partial charge in [-0.15, -0.1) is 0 Å².